The Morgan fingerprint density at radius 1 is 1.21 bits per heavy atom. The first-order valence-corrected chi connectivity index (χ1v) is 7.19. The molecule has 0 bridgehead atoms. The van der Waals surface area contributed by atoms with Crippen molar-refractivity contribution >= 4 is 5.82 Å². The number of pyridine rings is 1. The van der Waals surface area contributed by atoms with Crippen molar-refractivity contribution in [2.45, 2.75) is 25.7 Å². The predicted molar refractivity (Wildman–Crippen MR) is 74.4 cm³/mol. The first-order chi connectivity index (χ1) is 9.36. The lowest BCUT2D eigenvalue weighted by molar-refractivity contribution is 0.0509. The van der Waals surface area contributed by atoms with Crippen LogP contribution in [0, 0.1) is 11.8 Å². The molecule has 0 spiro atoms. The van der Waals surface area contributed by atoms with Crippen molar-refractivity contribution in [2.75, 3.05) is 31.9 Å². The van der Waals surface area contributed by atoms with E-state index >= 15 is 0 Å². The third-order valence-electron chi connectivity index (χ3n) is 4.36. The van der Waals surface area contributed by atoms with E-state index in [4.69, 9.17) is 9.47 Å². The summed E-state index contributed by atoms with van der Waals surface area (Å²) in [6.07, 6.45) is 7.40. The van der Waals surface area contributed by atoms with Crippen LogP contribution in [0.25, 0.3) is 0 Å². The normalized spacial score (nSPS) is 26.3. The van der Waals surface area contributed by atoms with E-state index in [1.807, 2.05) is 6.07 Å². The molecule has 3 rings (SSSR count). The fraction of sp³-hybridized carbons (Fsp3) is 0.667. The van der Waals surface area contributed by atoms with Gasteiger partial charge in [0, 0.05) is 20.2 Å². The highest BCUT2D eigenvalue weighted by Gasteiger charge is 2.34. The second-order valence-electron chi connectivity index (χ2n) is 5.61. The molecule has 104 valence electrons. The van der Waals surface area contributed by atoms with Crippen molar-refractivity contribution in [1.29, 1.82) is 0 Å². The fourth-order valence-corrected chi connectivity index (χ4v) is 3.36. The Balaban J connectivity index is 1.63. The van der Waals surface area contributed by atoms with Gasteiger partial charge in [-0.3, -0.25) is 0 Å². The van der Waals surface area contributed by atoms with Crippen molar-refractivity contribution in [3.05, 3.63) is 18.3 Å². The quantitative estimate of drug-likeness (QED) is 0.781. The van der Waals surface area contributed by atoms with E-state index in [9.17, 15) is 0 Å². The third kappa shape index (κ3) is 2.84. The summed E-state index contributed by atoms with van der Waals surface area (Å²) in [5, 5.41) is 0. The van der Waals surface area contributed by atoms with Crippen LogP contribution in [0.4, 0.5) is 5.82 Å². The van der Waals surface area contributed by atoms with Gasteiger partial charge >= 0.3 is 0 Å². The fourth-order valence-electron chi connectivity index (χ4n) is 3.36. The molecule has 4 nitrogen and oxygen atoms in total. The Labute approximate surface area is 114 Å². The lowest BCUT2D eigenvalue weighted by Gasteiger charge is -2.22. The second-order valence-corrected chi connectivity index (χ2v) is 5.61. The summed E-state index contributed by atoms with van der Waals surface area (Å²) in [6.45, 7) is 2.63. The van der Waals surface area contributed by atoms with Crippen LogP contribution >= 0.6 is 0 Å². The molecule has 1 aliphatic carbocycles. The Hall–Kier alpha value is -1.29. The molecule has 19 heavy (non-hydrogen) atoms. The van der Waals surface area contributed by atoms with Gasteiger partial charge in [-0.2, -0.15) is 0 Å². The first-order valence-electron chi connectivity index (χ1n) is 7.19. The number of methoxy groups -OCH3 is 1. The molecular formula is C15H22N2O2. The van der Waals surface area contributed by atoms with Gasteiger partial charge in [-0.1, -0.05) is 12.8 Å². The minimum atomic E-state index is 0.273. The Bertz CT molecular complexity index is 393. The van der Waals surface area contributed by atoms with E-state index in [1.165, 1.54) is 38.8 Å². The molecule has 0 amide bonds. The zero-order valence-electron chi connectivity index (χ0n) is 11.5. The highest BCUT2D eigenvalue weighted by molar-refractivity contribution is 5.42. The van der Waals surface area contributed by atoms with Crippen LogP contribution in [-0.2, 0) is 4.74 Å². The minimum Gasteiger partial charge on any atom is -0.466 e. The van der Waals surface area contributed by atoms with Gasteiger partial charge in [0.05, 0.1) is 6.20 Å². The van der Waals surface area contributed by atoms with Gasteiger partial charge in [-0.15, -0.1) is 0 Å². The number of anilines is 1. The Kier molecular flexibility index (Phi) is 3.87. The van der Waals surface area contributed by atoms with E-state index in [1.54, 1.807) is 13.3 Å². The van der Waals surface area contributed by atoms with Crippen molar-refractivity contribution in [1.82, 2.24) is 4.98 Å². The summed E-state index contributed by atoms with van der Waals surface area (Å²) in [6, 6.07) is 4.03. The van der Waals surface area contributed by atoms with E-state index < -0.39 is 0 Å². The van der Waals surface area contributed by atoms with Crippen LogP contribution in [0.5, 0.6) is 5.75 Å². The van der Waals surface area contributed by atoms with Gasteiger partial charge in [0.25, 0.3) is 0 Å². The van der Waals surface area contributed by atoms with Crippen LogP contribution in [0.3, 0.4) is 0 Å². The molecular weight excluding hydrogens is 240 g/mol. The number of nitrogens with zero attached hydrogens (tertiary/aromatic N) is 2. The number of rotatable bonds is 4. The van der Waals surface area contributed by atoms with Crippen LogP contribution in [0.2, 0.25) is 0 Å². The molecule has 0 N–H and O–H groups in total. The summed E-state index contributed by atoms with van der Waals surface area (Å²) >= 11 is 0. The molecule has 1 saturated heterocycles. The monoisotopic (exact) mass is 262 g/mol. The molecule has 2 atom stereocenters. The molecule has 1 aliphatic heterocycles. The third-order valence-corrected chi connectivity index (χ3v) is 4.36. The molecule has 2 aliphatic rings. The molecule has 4 heteroatoms. The van der Waals surface area contributed by atoms with Crippen LogP contribution in [0.1, 0.15) is 25.7 Å². The van der Waals surface area contributed by atoms with Gasteiger partial charge in [-0.05, 0) is 36.8 Å². The molecule has 1 aromatic heterocycles. The summed E-state index contributed by atoms with van der Waals surface area (Å²) in [4.78, 5) is 6.95. The Morgan fingerprint density at radius 2 is 1.95 bits per heavy atom. The molecule has 0 radical (unpaired) electrons. The zero-order valence-corrected chi connectivity index (χ0v) is 11.5. The van der Waals surface area contributed by atoms with Crippen molar-refractivity contribution in [3.63, 3.8) is 0 Å². The van der Waals surface area contributed by atoms with Crippen molar-refractivity contribution in [3.8, 4) is 5.75 Å². The summed E-state index contributed by atoms with van der Waals surface area (Å²) < 4.78 is 10.2. The molecule has 2 heterocycles. The number of aromatic nitrogens is 1. The van der Waals surface area contributed by atoms with Gasteiger partial charge in [0.15, 0.2) is 6.79 Å². The molecule has 0 aromatic carbocycles. The Morgan fingerprint density at radius 3 is 2.53 bits per heavy atom. The standard InChI is InChI=1S/C15H22N2O2/c1-18-11-19-14-6-7-15(16-8-14)17-9-12-4-2-3-5-13(12)10-17/h6-8,12-13H,2-5,9-11H2,1H3/t12-,13+. The van der Waals surface area contributed by atoms with E-state index in [-0.39, 0.29) is 6.79 Å². The summed E-state index contributed by atoms with van der Waals surface area (Å²) in [5.41, 5.74) is 0. The van der Waals surface area contributed by atoms with E-state index in [0.29, 0.717) is 0 Å². The number of hydrogen-bond acceptors (Lipinski definition) is 4. The molecule has 2 fully saturated rings. The molecule has 1 aromatic rings. The van der Waals surface area contributed by atoms with E-state index in [2.05, 4.69) is 16.0 Å². The topological polar surface area (TPSA) is 34.6 Å². The zero-order chi connectivity index (χ0) is 13.1. The smallest absolute Gasteiger partial charge is 0.188 e. The average Bonchev–Trinajstić information content (AvgIpc) is 2.89. The molecule has 0 unspecified atom stereocenters. The largest absolute Gasteiger partial charge is 0.466 e. The van der Waals surface area contributed by atoms with E-state index in [0.717, 1.165) is 23.4 Å². The molecule has 1 saturated carbocycles. The predicted octanol–water partition coefficient (Wildman–Crippen LogP) is 2.69. The average molecular weight is 262 g/mol. The van der Waals surface area contributed by atoms with Crippen LogP contribution in [-0.4, -0.2) is 32.0 Å². The highest BCUT2D eigenvalue weighted by atomic mass is 16.7. The maximum absolute atomic E-state index is 5.36. The lowest BCUT2D eigenvalue weighted by Crippen LogP contribution is -2.20. The second kappa shape index (κ2) is 5.78. The summed E-state index contributed by atoms with van der Waals surface area (Å²) in [5.74, 6) is 3.63. The van der Waals surface area contributed by atoms with Gasteiger partial charge < -0.3 is 14.4 Å². The van der Waals surface area contributed by atoms with Crippen LogP contribution in [0.15, 0.2) is 18.3 Å². The first kappa shape index (κ1) is 12.7. The maximum atomic E-state index is 5.36. The maximum Gasteiger partial charge on any atom is 0.188 e. The van der Waals surface area contributed by atoms with Crippen molar-refractivity contribution in [2.24, 2.45) is 11.8 Å². The van der Waals surface area contributed by atoms with Gasteiger partial charge in [-0.25, -0.2) is 4.98 Å². The van der Waals surface area contributed by atoms with Gasteiger partial charge in [0.2, 0.25) is 0 Å². The minimum absolute atomic E-state index is 0.273. The SMILES string of the molecule is COCOc1ccc(N2C[C@H]3CCCC[C@H]3C2)nc1. The van der Waals surface area contributed by atoms with Gasteiger partial charge in [0.1, 0.15) is 11.6 Å². The highest BCUT2D eigenvalue weighted by Crippen LogP contribution is 2.37. The number of hydrogen-bond donors (Lipinski definition) is 0. The number of fused-ring (bicyclic) bond motifs is 1. The number of ether oxygens (including phenoxy) is 2. The lowest BCUT2D eigenvalue weighted by atomic mass is 9.82. The van der Waals surface area contributed by atoms with Crippen molar-refractivity contribution < 1.29 is 9.47 Å². The summed E-state index contributed by atoms with van der Waals surface area (Å²) in [7, 11) is 1.62. The van der Waals surface area contributed by atoms with Crippen LogP contribution < -0.4 is 9.64 Å².